The highest BCUT2D eigenvalue weighted by atomic mass is 16.5. The molecular formula is C23H31N3O5. The Kier molecular flexibility index (Phi) is 7.70. The van der Waals surface area contributed by atoms with Gasteiger partial charge < -0.3 is 19.2 Å². The molecule has 2 heterocycles. The zero-order chi connectivity index (χ0) is 22.4. The first kappa shape index (κ1) is 22.8. The van der Waals surface area contributed by atoms with E-state index in [1.54, 1.807) is 21.0 Å². The number of piperazine rings is 1. The van der Waals surface area contributed by atoms with Crippen LogP contribution in [0.5, 0.6) is 11.5 Å². The Bertz CT molecular complexity index is 899. The van der Waals surface area contributed by atoms with Crippen molar-refractivity contribution in [3.8, 4) is 11.5 Å². The highest BCUT2D eigenvalue weighted by Crippen LogP contribution is 2.20. The number of nitrogens with one attached hydrogen (secondary N) is 1. The molecule has 0 amide bonds. The van der Waals surface area contributed by atoms with Crippen LogP contribution >= 0.6 is 0 Å². The van der Waals surface area contributed by atoms with E-state index < -0.39 is 5.97 Å². The van der Waals surface area contributed by atoms with Gasteiger partial charge in [-0.1, -0.05) is 0 Å². The van der Waals surface area contributed by atoms with E-state index in [1.165, 1.54) is 7.11 Å². The number of H-pyrrole nitrogens is 1. The van der Waals surface area contributed by atoms with Crippen LogP contribution in [-0.4, -0.2) is 86.6 Å². The minimum Gasteiger partial charge on any atom is -0.497 e. The average Bonchev–Trinajstić information content (AvgIpc) is 3.09. The third-order valence-corrected chi connectivity index (χ3v) is 5.67. The average molecular weight is 430 g/mol. The number of hydrogen-bond acceptors (Lipinski definition) is 7. The van der Waals surface area contributed by atoms with E-state index in [4.69, 9.17) is 14.2 Å². The minimum atomic E-state index is -0.421. The molecule has 2 aromatic rings. The number of benzene rings is 1. The molecule has 1 aromatic heterocycles. The number of aromatic amines is 1. The van der Waals surface area contributed by atoms with Crippen LogP contribution in [0.15, 0.2) is 24.3 Å². The maximum atomic E-state index is 12.8. The second kappa shape index (κ2) is 10.5. The maximum absolute atomic E-state index is 12.8. The van der Waals surface area contributed by atoms with Crippen molar-refractivity contribution < 1.29 is 23.8 Å². The minimum absolute atomic E-state index is 0.00737. The fourth-order valence-corrected chi connectivity index (χ4v) is 3.85. The number of nitrogens with zero attached hydrogens (tertiary/aromatic N) is 2. The van der Waals surface area contributed by atoms with E-state index in [0.29, 0.717) is 35.7 Å². The van der Waals surface area contributed by atoms with Crippen LogP contribution in [-0.2, 0) is 4.74 Å². The second-order valence-electron chi connectivity index (χ2n) is 7.68. The molecule has 8 heteroatoms. The Morgan fingerprint density at radius 1 is 0.968 bits per heavy atom. The van der Waals surface area contributed by atoms with Crippen molar-refractivity contribution in [2.75, 3.05) is 60.1 Å². The molecule has 31 heavy (non-hydrogen) atoms. The molecule has 0 unspecified atom stereocenters. The van der Waals surface area contributed by atoms with Gasteiger partial charge in [-0.2, -0.15) is 0 Å². The zero-order valence-corrected chi connectivity index (χ0v) is 18.7. The van der Waals surface area contributed by atoms with Crippen LogP contribution in [0.2, 0.25) is 0 Å². The third kappa shape index (κ3) is 5.65. The lowest BCUT2D eigenvalue weighted by Gasteiger charge is -2.34. The normalized spacial score (nSPS) is 15.0. The van der Waals surface area contributed by atoms with E-state index in [1.807, 2.05) is 24.3 Å². The Hall–Kier alpha value is -2.84. The maximum Gasteiger partial charge on any atom is 0.339 e. The van der Waals surface area contributed by atoms with Crippen molar-refractivity contribution in [3.63, 3.8) is 0 Å². The lowest BCUT2D eigenvalue weighted by Crippen LogP contribution is -2.48. The van der Waals surface area contributed by atoms with Crippen molar-refractivity contribution in [3.05, 3.63) is 46.8 Å². The summed E-state index contributed by atoms with van der Waals surface area (Å²) in [7, 11) is 2.99. The van der Waals surface area contributed by atoms with Gasteiger partial charge in [0.15, 0.2) is 5.78 Å². The SMILES string of the molecule is COC(=O)c1c(C)[nH]c(C(=O)CN2CCN(CCOc3ccc(OC)cc3)CC2)c1C. The van der Waals surface area contributed by atoms with Crippen LogP contribution in [0.25, 0.3) is 0 Å². The number of ketones is 1. The lowest BCUT2D eigenvalue weighted by atomic mass is 10.1. The topological polar surface area (TPSA) is 84.1 Å². The van der Waals surface area contributed by atoms with Gasteiger partial charge in [0.2, 0.25) is 0 Å². The van der Waals surface area contributed by atoms with Crippen molar-refractivity contribution in [1.82, 2.24) is 14.8 Å². The number of hydrogen-bond donors (Lipinski definition) is 1. The number of Topliss-reactive ketones (excluding diaryl/α,β-unsaturated/α-hetero) is 1. The molecule has 1 aromatic carbocycles. The van der Waals surface area contributed by atoms with Crippen molar-refractivity contribution in [2.45, 2.75) is 13.8 Å². The molecule has 3 rings (SSSR count). The molecule has 0 bridgehead atoms. The van der Waals surface area contributed by atoms with Gasteiger partial charge in [-0.05, 0) is 43.7 Å². The predicted molar refractivity (Wildman–Crippen MR) is 117 cm³/mol. The first-order valence-corrected chi connectivity index (χ1v) is 10.4. The molecule has 1 N–H and O–H groups in total. The van der Waals surface area contributed by atoms with Crippen LogP contribution in [0.3, 0.4) is 0 Å². The van der Waals surface area contributed by atoms with Crippen LogP contribution in [0.1, 0.15) is 32.1 Å². The molecule has 1 fully saturated rings. The highest BCUT2D eigenvalue weighted by Gasteiger charge is 2.25. The number of carbonyl (C=O) groups excluding carboxylic acids is 2. The quantitative estimate of drug-likeness (QED) is 0.484. The van der Waals surface area contributed by atoms with Crippen LogP contribution in [0.4, 0.5) is 0 Å². The standard InChI is InChI=1S/C23H31N3O5/c1-16-21(23(28)30-4)17(2)24-22(16)20(27)15-26-11-9-25(10-12-26)13-14-31-19-7-5-18(29-3)6-8-19/h5-8,24H,9-15H2,1-4H3. The van der Waals surface area contributed by atoms with Crippen LogP contribution in [0, 0.1) is 13.8 Å². The van der Waals surface area contributed by atoms with E-state index >= 15 is 0 Å². The van der Waals surface area contributed by atoms with Gasteiger partial charge in [-0.25, -0.2) is 4.79 Å². The Morgan fingerprint density at radius 3 is 2.19 bits per heavy atom. The summed E-state index contributed by atoms with van der Waals surface area (Å²) in [6.07, 6.45) is 0. The monoisotopic (exact) mass is 429 g/mol. The van der Waals surface area contributed by atoms with Gasteiger partial charge in [0, 0.05) is 38.4 Å². The van der Waals surface area contributed by atoms with Gasteiger partial charge >= 0.3 is 5.97 Å². The van der Waals surface area contributed by atoms with E-state index in [-0.39, 0.29) is 5.78 Å². The van der Waals surface area contributed by atoms with Crippen molar-refractivity contribution in [1.29, 1.82) is 0 Å². The third-order valence-electron chi connectivity index (χ3n) is 5.67. The zero-order valence-electron chi connectivity index (χ0n) is 18.7. The van der Waals surface area contributed by atoms with Crippen molar-refractivity contribution in [2.24, 2.45) is 0 Å². The fraction of sp³-hybridized carbons (Fsp3) is 0.478. The number of esters is 1. The van der Waals surface area contributed by atoms with Gasteiger partial charge in [0.05, 0.1) is 32.0 Å². The Labute approximate surface area is 183 Å². The van der Waals surface area contributed by atoms with E-state index in [0.717, 1.165) is 44.2 Å². The Morgan fingerprint density at radius 2 is 1.58 bits per heavy atom. The summed E-state index contributed by atoms with van der Waals surface area (Å²) in [5, 5.41) is 0. The molecule has 1 aliphatic rings. The molecule has 0 spiro atoms. The molecule has 1 saturated heterocycles. The number of aromatic nitrogens is 1. The summed E-state index contributed by atoms with van der Waals surface area (Å²) in [6.45, 7) is 8.75. The van der Waals surface area contributed by atoms with Gasteiger partial charge in [-0.3, -0.25) is 14.6 Å². The summed E-state index contributed by atoms with van der Waals surface area (Å²) >= 11 is 0. The first-order chi connectivity index (χ1) is 14.9. The molecular weight excluding hydrogens is 398 g/mol. The molecule has 0 aliphatic carbocycles. The fourth-order valence-electron chi connectivity index (χ4n) is 3.85. The largest absolute Gasteiger partial charge is 0.497 e. The number of rotatable bonds is 9. The summed E-state index contributed by atoms with van der Waals surface area (Å²) in [6, 6.07) is 7.57. The van der Waals surface area contributed by atoms with Gasteiger partial charge in [0.1, 0.15) is 18.1 Å². The molecule has 0 saturated carbocycles. The predicted octanol–water partition coefficient (Wildman–Crippen LogP) is 2.31. The van der Waals surface area contributed by atoms with E-state index in [2.05, 4.69) is 14.8 Å². The molecule has 8 nitrogen and oxygen atoms in total. The first-order valence-electron chi connectivity index (χ1n) is 10.4. The van der Waals surface area contributed by atoms with Crippen molar-refractivity contribution >= 4 is 11.8 Å². The number of carbonyl (C=O) groups is 2. The number of ether oxygens (including phenoxy) is 3. The highest BCUT2D eigenvalue weighted by molar-refractivity contribution is 6.02. The van der Waals surface area contributed by atoms with Gasteiger partial charge in [0.25, 0.3) is 0 Å². The smallest absolute Gasteiger partial charge is 0.339 e. The van der Waals surface area contributed by atoms with E-state index in [9.17, 15) is 9.59 Å². The summed E-state index contributed by atoms with van der Waals surface area (Å²) < 4.78 is 15.8. The van der Waals surface area contributed by atoms with Crippen LogP contribution < -0.4 is 9.47 Å². The summed E-state index contributed by atoms with van der Waals surface area (Å²) in [4.78, 5) is 32.3. The molecule has 0 radical (unpaired) electrons. The molecule has 168 valence electrons. The number of methoxy groups -OCH3 is 2. The molecule has 1 aliphatic heterocycles. The van der Waals surface area contributed by atoms with Gasteiger partial charge in [-0.15, -0.1) is 0 Å². The summed E-state index contributed by atoms with van der Waals surface area (Å²) in [5.74, 6) is 1.21. The lowest BCUT2D eigenvalue weighted by molar-refractivity contribution is 0.0599. The second-order valence-corrected chi connectivity index (χ2v) is 7.68. The molecule has 0 atom stereocenters. The number of aryl methyl sites for hydroxylation is 1. The Balaban J connectivity index is 1.43. The summed E-state index contributed by atoms with van der Waals surface area (Å²) in [5.41, 5.74) is 2.26.